The smallest absolute Gasteiger partial charge is 0.322 e. The van der Waals surface area contributed by atoms with E-state index in [1.54, 1.807) is 4.90 Å². The third-order valence-electron chi connectivity index (χ3n) is 5.55. The van der Waals surface area contributed by atoms with Crippen molar-refractivity contribution < 1.29 is 9.90 Å². The summed E-state index contributed by atoms with van der Waals surface area (Å²) < 4.78 is 0. The number of hydrogen-bond donors (Lipinski definition) is 2. The van der Waals surface area contributed by atoms with Gasteiger partial charge in [0, 0.05) is 32.7 Å². The van der Waals surface area contributed by atoms with Gasteiger partial charge in [-0.3, -0.25) is 0 Å². The first kappa shape index (κ1) is 18.0. The van der Waals surface area contributed by atoms with Gasteiger partial charge < -0.3 is 25.1 Å². The predicted molar refractivity (Wildman–Crippen MR) is 101 cm³/mol. The minimum absolute atomic E-state index is 0.0225. The Labute approximate surface area is 150 Å². The third kappa shape index (κ3) is 4.07. The van der Waals surface area contributed by atoms with Crippen molar-refractivity contribution in [1.82, 2.24) is 9.80 Å². The van der Waals surface area contributed by atoms with Crippen LogP contribution < -0.4 is 10.2 Å². The molecule has 2 saturated heterocycles. The van der Waals surface area contributed by atoms with Crippen LogP contribution in [0.15, 0.2) is 24.3 Å². The fourth-order valence-corrected chi connectivity index (χ4v) is 3.87. The van der Waals surface area contributed by atoms with Crippen LogP contribution in [0.4, 0.5) is 16.2 Å². The topological polar surface area (TPSA) is 59.1 Å². The molecular weight excluding hydrogens is 316 g/mol. The summed E-state index contributed by atoms with van der Waals surface area (Å²) in [5.74, 6) is 0.331. The van der Waals surface area contributed by atoms with Gasteiger partial charge in [-0.25, -0.2) is 4.79 Å². The Morgan fingerprint density at radius 2 is 1.92 bits per heavy atom. The van der Waals surface area contributed by atoms with Gasteiger partial charge in [-0.2, -0.15) is 0 Å². The number of amides is 2. The van der Waals surface area contributed by atoms with Gasteiger partial charge >= 0.3 is 6.03 Å². The summed E-state index contributed by atoms with van der Waals surface area (Å²) in [7, 11) is 2.14. The van der Waals surface area contributed by atoms with E-state index in [-0.39, 0.29) is 18.7 Å². The van der Waals surface area contributed by atoms with E-state index in [2.05, 4.69) is 35.2 Å². The normalized spacial score (nSPS) is 25.1. The number of anilines is 2. The maximum atomic E-state index is 12.8. The first-order valence-corrected chi connectivity index (χ1v) is 9.31. The van der Waals surface area contributed by atoms with Crippen LogP contribution in [0, 0.1) is 5.92 Å². The number of nitrogens with one attached hydrogen (secondary N) is 1. The second-order valence-corrected chi connectivity index (χ2v) is 7.30. The van der Waals surface area contributed by atoms with Gasteiger partial charge in [0.15, 0.2) is 0 Å². The number of nitrogens with zero attached hydrogens (tertiary/aromatic N) is 3. The highest BCUT2D eigenvalue weighted by Gasteiger charge is 2.31. The summed E-state index contributed by atoms with van der Waals surface area (Å²) in [6.45, 7) is 6.81. The maximum absolute atomic E-state index is 12.8. The number of likely N-dealkylation sites (N-methyl/N-ethyl adjacent to an activating group) is 1. The number of para-hydroxylation sites is 2. The van der Waals surface area contributed by atoms with Gasteiger partial charge in [0.05, 0.1) is 24.0 Å². The van der Waals surface area contributed by atoms with E-state index >= 15 is 0 Å². The van der Waals surface area contributed by atoms with Gasteiger partial charge in [-0.05, 0) is 37.9 Å². The van der Waals surface area contributed by atoms with E-state index < -0.39 is 0 Å². The molecule has 3 rings (SSSR count). The number of hydrogen-bond acceptors (Lipinski definition) is 4. The Morgan fingerprint density at radius 3 is 2.64 bits per heavy atom. The van der Waals surface area contributed by atoms with Crippen LogP contribution in [0.25, 0.3) is 0 Å². The summed E-state index contributed by atoms with van der Waals surface area (Å²) >= 11 is 0. The third-order valence-corrected chi connectivity index (χ3v) is 5.55. The second kappa shape index (κ2) is 8.06. The minimum Gasteiger partial charge on any atom is -0.394 e. The van der Waals surface area contributed by atoms with E-state index in [9.17, 15) is 9.90 Å². The van der Waals surface area contributed by atoms with Crippen LogP contribution in [0.5, 0.6) is 0 Å². The number of likely N-dealkylation sites (tertiary alicyclic amines) is 1. The maximum Gasteiger partial charge on any atom is 0.322 e. The molecule has 2 atom stereocenters. The lowest BCUT2D eigenvalue weighted by Gasteiger charge is -2.39. The number of piperazine rings is 1. The Bertz CT molecular complexity index is 587. The number of urea groups is 1. The van der Waals surface area contributed by atoms with Gasteiger partial charge in [0.25, 0.3) is 0 Å². The summed E-state index contributed by atoms with van der Waals surface area (Å²) in [5.41, 5.74) is 1.93. The lowest BCUT2D eigenvalue weighted by Crippen LogP contribution is -2.51. The van der Waals surface area contributed by atoms with Crippen LogP contribution in [0.2, 0.25) is 0 Å². The lowest BCUT2D eigenvalue weighted by atomic mass is 9.91. The summed E-state index contributed by atoms with van der Waals surface area (Å²) in [6, 6.07) is 7.81. The predicted octanol–water partition coefficient (Wildman–Crippen LogP) is 2.06. The molecule has 138 valence electrons. The fourth-order valence-electron chi connectivity index (χ4n) is 3.87. The van der Waals surface area contributed by atoms with Gasteiger partial charge in [-0.15, -0.1) is 0 Å². The lowest BCUT2D eigenvalue weighted by molar-refractivity contribution is 0.0811. The van der Waals surface area contributed by atoms with Gasteiger partial charge in [0.2, 0.25) is 0 Å². The SMILES string of the molecule is C[C@H]1CCCN(C(=O)Nc2ccccc2N2CCN(C)CC2)[C@H]1CO. The highest BCUT2D eigenvalue weighted by molar-refractivity contribution is 5.93. The number of piperidine rings is 1. The molecule has 1 aromatic rings. The number of aliphatic hydroxyl groups excluding tert-OH is 1. The molecule has 0 radical (unpaired) electrons. The summed E-state index contributed by atoms with van der Waals surface area (Å²) in [6.07, 6.45) is 2.05. The first-order valence-electron chi connectivity index (χ1n) is 9.31. The Balaban J connectivity index is 1.73. The van der Waals surface area contributed by atoms with Crippen molar-refractivity contribution in [3.8, 4) is 0 Å². The zero-order valence-corrected chi connectivity index (χ0v) is 15.3. The van der Waals surface area contributed by atoms with Crippen LogP contribution >= 0.6 is 0 Å². The highest BCUT2D eigenvalue weighted by Crippen LogP contribution is 2.28. The highest BCUT2D eigenvalue weighted by atomic mass is 16.3. The second-order valence-electron chi connectivity index (χ2n) is 7.30. The number of aliphatic hydroxyl groups is 1. The van der Waals surface area contributed by atoms with Gasteiger partial charge in [0.1, 0.15) is 0 Å². The largest absolute Gasteiger partial charge is 0.394 e. The van der Waals surface area contributed by atoms with E-state index in [1.807, 2.05) is 18.2 Å². The molecule has 2 fully saturated rings. The number of carbonyl (C=O) groups is 1. The van der Waals surface area contributed by atoms with Crippen molar-refractivity contribution >= 4 is 17.4 Å². The molecule has 0 unspecified atom stereocenters. The molecule has 25 heavy (non-hydrogen) atoms. The van der Waals surface area contributed by atoms with Crippen molar-refractivity contribution in [2.24, 2.45) is 5.92 Å². The molecule has 1 aromatic carbocycles. The quantitative estimate of drug-likeness (QED) is 0.880. The zero-order chi connectivity index (χ0) is 17.8. The number of carbonyl (C=O) groups excluding carboxylic acids is 1. The molecule has 2 amide bonds. The van der Waals surface area contributed by atoms with Crippen LogP contribution in [-0.2, 0) is 0 Å². The molecule has 0 aromatic heterocycles. The minimum atomic E-state index is -0.104. The van der Waals surface area contributed by atoms with Crippen LogP contribution in [0.3, 0.4) is 0 Å². The molecule has 0 saturated carbocycles. The Morgan fingerprint density at radius 1 is 1.20 bits per heavy atom. The van der Waals surface area contributed by atoms with Crippen molar-refractivity contribution in [3.63, 3.8) is 0 Å². The molecule has 2 heterocycles. The Kier molecular flexibility index (Phi) is 5.81. The van der Waals surface area contributed by atoms with Crippen molar-refractivity contribution in [2.75, 3.05) is 56.6 Å². The zero-order valence-electron chi connectivity index (χ0n) is 15.3. The van der Waals surface area contributed by atoms with Crippen molar-refractivity contribution in [1.29, 1.82) is 0 Å². The fraction of sp³-hybridized carbons (Fsp3) is 0.632. The summed E-state index contributed by atoms with van der Waals surface area (Å²) in [5, 5.41) is 12.8. The number of rotatable bonds is 3. The van der Waals surface area contributed by atoms with Crippen molar-refractivity contribution in [3.05, 3.63) is 24.3 Å². The average molecular weight is 346 g/mol. The molecule has 6 heteroatoms. The molecule has 2 aliphatic heterocycles. The van der Waals surface area contributed by atoms with E-state index in [0.29, 0.717) is 12.5 Å². The van der Waals surface area contributed by atoms with E-state index in [0.717, 1.165) is 50.4 Å². The number of benzene rings is 1. The standard InChI is InChI=1S/C19H30N4O2/c1-15-6-5-9-23(18(15)14-24)19(25)20-16-7-3-4-8-17(16)22-12-10-21(2)11-13-22/h3-4,7-8,15,18,24H,5-6,9-14H2,1-2H3,(H,20,25)/t15-,18-/m0/s1. The molecule has 2 N–H and O–H groups in total. The Hall–Kier alpha value is -1.79. The van der Waals surface area contributed by atoms with Gasteiger partial charge in [-0.1, -0.05) is 19.1 Å². The van der Waals surface area contributed by atoms with Crippen LogP contribution in [-0.4, -0.2) is 73.4 Å². The molecule has 2 aliphatic rings. The van der Waals surface area contributed by atoms with Crippen molar-refractivity contribution in [2.45, 2.75) is 25.8 Å². The van der Waals surface area contributed by atoms with E-state index in [1.165, 1.54) is 0 Å². The molecule has 0 spiro atoms. The molecule has 0 aliphatic carbocycles. The monoisotopic (exact) mass is 346 g/mol. The first-order chi connectivity index (χ1) is 12.1. The molecule has 6 nitrogen and oxygen atoms in total. The average Bonchev–Trinajstić information content (AvgIpc) is 2.62. The molecular formula is C19H30N4O2. The molecule has 0 bridgehead atoms. The van der Waals surface area contributed by atoms with Crippen LogP contribution in [0.1, 0.15) is 19.8 Å². The van der Waals surface area contributed by atoms with E-state index in [4.69, 9.17) is 0 Å². The summed E-state index contributed by atoms with van der Waals surface area (Å²) in [4.78, 5) is 19.3.